The lowest BCUT2D eigenvalue weighted by atomic mass is 10.2. The molecule has 0 atom stereocenters. The first-order chi connectivity index (χ1) is 11.9. The van der Waals surface area contributed by atoms with E-state index in [1.807, 2.05) is 36.4 Å². The number of rotatable bonds is 4. The van der Waals surface area contributed by atoms with Crippen LogP contribution in [0.4, 0.5) is 0 Å². The molecule has 0 aliphatic rings. The molecule has 8 heteroatoms. The summed E-state index contributed by atoms with van der Waals surface area (Å²) in [7, 11) is 1.66. The monoisotopic (exact) mass is 562 g/mol. The first-order valence-corrected chi connectivity index (χ1v) is 11.6. The van der Waals surface area contributed by atoms with Gasteiger partial charge in [0.1, 0.15) is 5.75 Å². The highest BCUT2D eigenvalue weighted by molar-refractivity contribution is 9.69. The number of ether oxygens (including phenoxy) is 1. The number of benzene rings is 2. The third-order valence-corrected chi connectivity index (χ3v) is 5.44. The molecule has 1 aromatic heterocycles. The number of methoxy groups -OCH3 is 1. The van der Waals surface area contributed by atoms with Gasteiger partial charge in [0.2, 0.25) is 0 Å². The molecule has 2 aromatic carbocycles. The Balaban J connectivity index is 0.000000511. The Morgan fingerprint density at radius 3 is 2.32 bits per heavy atom. The summed E-state index contributed by atoms with van der Waals surface area (Å²) in [6.07, 6.45) is 0. The molecule has 0 bridgehead atoms. The number of fused-ring (bicyclic) bond motifs is 1. The maximum absolute atomic E-state index is 11.5. The van der Waals surface area contributed by atoms with Crippen LogP contribution < -0.4 is 4.74 Å². The second-order valence-electron chi connectivity index (χ2n) is 4.86. The highest BCUT2D eigenvalue weighted by atomic mass is 79.9. The van der Waals surface area contributed by atoms with Crippen molar-refractivity contribution in [2.24, 2.45) is 0 Å². The molecule has 0 unspecified atom stereocenters. The predicted octanol–water partition coefficient (Wildman–Crippen LogP) is 7.42. The minimum atomic E-state index is 0.122. The molecule has 0 aliphatic heterocycles. The summed E-state index contributed by atoms with van der Waals surface area (Å²) in [6.45, 7) is 1.61. The van der Waals surface area contributed by atoms with Gasteiger partial charge in [-0.15, -0.1) is 58.6 Å². The topological polar surface area (TPSA) is 26.3 Å². The molecule has 130 valence electrons. The fourth-order valence-corrected chi connectivity index (χ4v) is 4.07. The summed E-state index contributed by atoms with van der Waals surface area (Å²) >= 11 is 12.6. The summed E-state index contributed by atoms with van der Waals surface area (Å²) in [5, 5.41) is 1.15. The van der Waals surface area contributed by atoms with Crippen LogP contribution in [0.3, 0.4) is 0 Å². The van der Waals surface area contributed by atoms with E-state index in [4.69, 9.17) is 4.74 Å². The Morgan fingerprint density at radius 1 is 1.12 bits per heavy atom. The van der Waals surface area contributed by atoms with Gasteiger partial charge in [-0.2, -0.15) is 0 Å². The average molecular weight is 565 g/mol. The van der Waals surface area contributed by atoms with Crippen LogP contribution in [0.5, 0.6) is 5.75 Å². The third-order valence-electron chi connectivity index (χ3n) is 3.16. The molecule has 0 amide bonds. The van der Waals surface area contributed by atoms with Crippen molar-refractivity contribution in [1.29, 1.82) is 0 Å². The fraction of sp³-hybridized carbons (Fsp3) is 0.118. The van der Waals surface area contributed by atoms with Crippen molar-refractivity contribution in [2.45, 2.75) is 16.7 Å². The minimum Gasteiger partial charge on any atom is -0.497 e. The van der Waals surface area contributed by atoms with E-state index in [1.54, 1.807) is 37.1 Å². The lowest BCUT2D eigenvalue weighted by Crippen LogP contribution is -1.83. The summed E-state index contributed by atoms with van der Waals surface area (Å²) in [5.41, 5.74) is 0. The van der Waals surface area contributed by atoms with Crippen molar-refractivity contribution in [3.05, 3.63) is 53.4 Å². The first kappa shape index (κ1) is 21.0. The second kappa shape index (κ2) is 10.2. The van der Waals surface area contributed by atoms with Crippen LogP contribution in [0.1, 0.15) is 16.6 Å². The van der Waals surface area contributed by atoms with E-state index in [1.165, 1.54) is 4.90 Å². The van der Waals surface area contributed by atoms with Gasteiger partial charge in [-0.05, 0) is 49.4 Å². The van der Waals surface area contributed by atoms with Crippen LogP contribution in [0, 0.1) is 0 Å². The number of hydrogen-bond acceptors (Lipinski definition) is 4. The zero-order valence-electron chi connectivity index (χ0n) is 13.5. The number of Topliss-reactive ketones (excluding diaryl/α,β-unsaturated/α-hetero) is 1. The largest absolute Gasteiger partial charge is 0.497 e. The molecule has 0 aliphatic carbocycles. The van der Waals surface area contributed by atoms with Gasteiger partial charge >= 0.3 is 3.18 Å². The SMILES string of the molecule is BrB(Br)Br.COc1ccc(Sc2cccc3sc(C(C)=O)cc23)cc1. The zero-order chi connectivity index (χ0) is 18.4. The normalized spacial score (nSPS) is 10.1. The van der Waals surface area contributed by atoms with Crippen molar-refractivity contribution in [3.63, 3.8) is 0 Å². The van der Waals surface area contributed by atoms with E-state index >= 15 is 0 Å². The van der Waals surface area contributed by atoms with Crippen LogP contribution in [-0.4, -0.2) is 16.1 Å². The first-order valence-electron chi connectivity index (χ1n) is 7.18. The van der Waals surface area contributed by atoms with Crippen LogP contribution in [-0.2, 0) is 0 Å². The van der Waals surface area contributed by atoms with Gasteiger partial charge in [0.15, 0.2) is 5.78 Å². The average Bonchev–Trinajstić information content (AvgIpc) is 3.01. The van der Waals surface area contributed by atoms with E-state index in [0.29, 0.717) is 0 Å². The number of carbonyl (C=O) groups is 1. The summed E-state index contributed by atoms with van der Waals surface area (Å²) in [5.74, 6) is 0.976. The van der Waals surface area contributed by atoms with Crippen LogP contribution >= 0.6 is 70.4 Å². The van der Waals surface area contributed by atoms with Crippen LogP contribution in [0.25, 0.3) is 10.1 Å². The second-order valence-corrected chi connectivity index (χ2v) is 13.5. The molecule has 0 spiro atoms. The minimum absolute atomic E-state index is 0.122. The molecule has 0 saturated heterocycles. The molecule has 0 radical (unpaired) electrons. The molecule has 0 N–H and O–H groups in total. The number of ketones is 1. The highest BCUT2D eigenvalue weighted by Crippen LogP contribution is 2.37. The number of carbonyl (C=O) groups excluding carboxylic acids is 1. The van der Waals surface area contributed by atoms with Crippen molar-refractivity contribution >= 4 is 89.4 Å². The molecular formula is C17H14BBr3O2S2. The van der Waals surface area contributed by atoms with E-state index in [9.17, 15) is 4.79 Å². The van der Waals surface area contributed by atoms with Gasteiger partial charge in [-0.3, -0.25) is 4.79 Å². The summed E-state index contributed by atoms with van der Waals surface area (Å²) < 4.78 is 6.60. The molecule has 2 nitrogen and oxygen atoms in total. The molecule has 3 aromatic rings. The fourth-order valence-electron chi connectivity index (χ4n) is 2.07. The van der Waals surface area contributed by atoms with Gasteiger partial charge in [0, 0.05) is 19.9 Å². The summed E-state index contributed by atoms with van der Waals surface area (Å²) in [4.78, 5) is 14.7. The Kier molecular flexibility index (Phi) is 8.55. The summed E-state index contributed by atoms with van der Waals surface area (Å²) in [6, 6.07) is 16.2. The maximum Gasteiger partial charge on any atom is 0.369 e. The Morgan fingerprint density at radius 2 is 1.76 bits per heavy atom. The molecule has 25 heavy (non-hydrogen) atoms. The van der Waals surface area contributed by atoms with Gasteiger partial charge in [-0.1, -0.05) is 17.8 Å². The van der Waals surface area contributed by atoms with Gasteiger partial charge in [-0.25, -0.2) is 0 Å². The van der Waals surface area contributed by atoms with E-state index < -0.39 is 0 Å². The quantitative estimate of drug-likeness (QED) is 0.244. The van der Waals surface area contributed by atoms with Gasteiger partial charge in [0.25, 0.3) is 0 Å². The third kappa shape index (κ3) is 6.43. The maximum atomic E-state index is 11.5. The van der Waals surface area contributed by atoms with Gasteiger partial charge < -0.3 is 4.74 Å². The standard InChI is InChI=1S/C17H14O2S2.BBr3/c1-11(18)17-10-14-15(4-3-5-16(14)21-17)20-13-8-6-12(19-2)7-9-13;2-1(3)4/h3-10H,1-2H3;. The van der Waals surface area contributed by atoms with Crippen LogP contribution in [0.15, 0.2) is 58.3 Å². The van der Waals surface area contributed by atoms with Crippen molar-refractivity contribution in [1.82, 2.24) is 0 Å². The zero-order valence-corrected chi connectivity index (χ0v) is 19.9. The lowest BCUT2D eigenvalue weighted by Gasteiger charge is -2.04. The molecule has 0 fully saturated rings. The Bertz CT molecular complexity index is 848. The molecule has 0 saturated carbocycles. The molecule has 3 rings (SSSR count). The Labute approximate surface area is 180 Å². The molecule has 1 heterocycles. The van der Waals surface area contributed by atoms with E-state index in [2.05, 4.69) is 59.4 Å². The van der Waals surface area contributed by atoms with Crippen LogP contribution in [0.2, 0.25) is 0 Å². The van der Waals surface area contributed by atoms with Gasteiger partial charge in [0.05, 0.1) is 12.0 Å². The van der Waals surface area contributed by atoms with Crippen molar-refractivity contribution in [2.75, 3.05) is 7.11 Å². The lowest BCUT2D eigenvalue weighted by molar-refractivity contribution is 0.102. The van der Waals surface area contributed by atoms with E-state index in [-0.39, 0.29) is 8.97 Å². The van der Waals surface area contributed by atoms with Crippen molar-refractivity contribution in [3.8, 4) is 5.75 Å². The number of hydrogen-bond donors (Lipinski definition) is 0. The smallest absolute Gasteiger partial charge is 0.369 e. The molecular weight excluding hydrogens is 551 g/mol. The predicted molar refractivity (Wildman–Crippen MR) is 121 cm³/mol. The number of thiophene rings is 1. The number of halogens is 3. The highest BCUT2D eigenvalue weighted by Gasteiger charge is 2.10. The van der Waals surface area contributed by atoms with E-state index in [0.717, 1.165) is 25.6 Å². The van der Waals surface area contributed by atoms with Crippen molar-refractivity contribution < 1.29 is 9.53 Å². The Hall–Kier alpha value is -0.275.